The van der Waals surface area contributed by atoms with E-state index in [2.05, 4.69) is 13.8 Å². The van der Waals surface area contributed by atoms with Gasteiger partial charge in [0.15, 0.2) is 0 Å². The van der Waals surface area contributed by atoms with Crippen LogP contribution in [0.15, 0.2) is 0 Å². The smallest absolute Gasteiger partial charge is 0.412 e. The predicted octanol–water partition coefficient (Wildman–Crippen LogP) is 0.927. The summed E-state index contributed by atoms with van der Waals surface area (Å²) in [6.07, 6.45) is 0. The van der Waals surface area contributed by atoms with Crippen molar-refractivity contribution in [3.8, 4) is 0 Å². The standard InChI is InChI=1S/2C2H5.2CH3.2H2O.2Ru/c2*1-2;;;;;;/h2*1H2,2H3;2*1H3;2*1H2;;/q4*-1;;;2*+2. The third-order valence-corrected chi connectivity index (χ3v) is 0. The summed E-state index contributed by atoms with van der Waals surface area (Å²) in [6, 6.07) is 0. The van der Waals surface area contributed by atoms with E-state index in [1.165, 1.54) is 0 Å². The summed E-state index contributed by atoms with van der Waals surface area (Å²) in [4.78, 5) is 0. The van der Waals surface area contributed by atoms with Crippen molar-refractivity contribution < 1.29 is 49.9 Å². The first-order valence-corrected chi connectivity index (χ1v) is 1.41. The summed E-state index contributed by atoms with van der Waals surface area (Å²) in [5.41, 5.74) is 0. The summed E-state index contributed by atoms with van der Waals surface area (Å²) in [5.74, 6) is 0. The van der Waals surface area contributed by atoms with Crippen LogP contribution in [0.3, 0.4) is 0 Å². The fraction of sp³-hybridized carbons (Fsp3) is 0.333. The maximum atomic E-state index is 3.25. The van der Waals surface area contributed by atoms with Gasteiger partial charge < -0.3 is 39.7 Å². The van der Waals surface area contributed by atoms with Crippen LogP contribution in [0.2, 0.25) is 0 Å². The maximum Gasteiger partial charge on any atom is 2.00 e. The van der Waals surface area contributed by atoms with Gasteiger partial charge in [-0.2, -0.15) is 13.8 Å². The Hall–Kier alpha value is 1.17. The van der Waals surface area contributed by atoms with Crippen molar-refractivity contribution in [3.05, 3.63) is 28.7 Å². The Balaban J connectivity index is -0.000000000833. The van der Waals surface area contributed by atoms with E-state index in [4.69, 9.17) is 0 Å². The zero-order chi connectivity index (χ0) is 4.00. The molecule has 0 aromatic heterocycles. The van der Waals surface area contributed by atoms with Crippen LogP contribution in [-0.2, 0) is 39.0 Å². The van der Waals surface area contributed by atoms with E-state index in [1.54, 1.807) is 13.8 Å². The van der Waals surface area contributed by atoms with Crippen molar-refractivity contribution >= 4 is 0 Å². The van der Waals surface area contributed by atoms with Crippen molar-refractivity contribution in [2.45, 2.75) is 13.8 Å². The Labute approximate surface area is 92.3 Å². The van der Waals surface area contributed by atoms with E-state index in [-0.39, 0.29) is 64.8 Å². The summed E-state index contributed by atoms with van der Waals surface area (Å²) in [7, 11) is 0. The van der Waals surface area contributed by atoms with Crippen LogP contribution < -0.4 is 0 Å². The monoisotopic (exact) mass is 328 g/mol. The van der Waals surface area contributed by atoms with Crippen molar-refractivity contribution in [2.24, 2.45) is 0 Å². The largest absolute Gasteiger partial charge is 2.00 e. The van der Waals surface area contributed by atoms with Gasteiger partial charge in [-0.15, -0.1) is 0 Å². The maximum absolute atomic E-state index is 3.25. The molecule has 0 fully saturated rings. The first-order valence-electron chi connectivity index (χ1n) is 1.41. The predicted molar refractivity (Wildman–Crippen MR) is 42.1 cm³/mol. The topological polar surface area (TPSA) is 63.0 Å². The van der Waals surface area contributed by atoms with E-state index in [1.807, 2.05) is 0 Å². The molecule has 0 saturated heterocycles. The van der Waals surface area contributed by atoms with Crippen LogP contribution in [0.4, 0.5) is 0 Å². The minimum absolute atomic E-state index is 0. The molecule has 2 nitrogen and oxygen atoms in total. The molecule has 0 unspecified atom stereocenters. The van der Waals surface area contributed by atoms with Gasteiger partial charge in [-0.1, -0.05) is 0 Å². The average Bonchev–Trinajstić information content (AvgIpc) is 1.50. The van der Waals surface area contributed by atoms with E-state index in [9.17, 15) is 0 Å². The van der Waals surface area contributed by atoms with Crippen LogP contribution in [0.25, 0.3) is 0 Å². The van der Waals surface area contributed by atoms with Gasteiger partial charge in [-0.3, -0.25) is 0 Å². The molecule has 0 saturated carbocycles. The van der Waals surface area contributed by atoms with Gasteiger partial charge in [-0.05, 0) is 0 Å². The molecule has 0 aliphatic rings. The Kier molecular flexibility index (Phi) is 7220. The van der Waals surface area contributed by atoms with Crippen molar-refractivity contribution in [1.82, 2.24) is 0 Å². The van der Waals surface area contributed by atoms with E-state index in [0.717, 1.165) is 0 Å². The summed E-state index contributed by atoms with van der Waals surface area (Å²) in [6.45, 7) is 10.0. The minimum Gasteiger partial charge on any atom is -0.412 e. The number of hydrogen-bond donors (Lipinski definition) is 0. The van der Waals surface area contributed by atoms with Gasteiger partial charge in [0.1, 0.15) is 0 Å². The van der Waals surface area contributed by atoms with E-state index >= 15 is 0 Å². The summed E-state index contributed by atoms with van der Waals surface area (Å²) < 4.78 is 0. The molecule has 0 aliphatic carbocycles. The van der Waals surface area contributed by atoms with Crippen LogP contribution in [-0.4, -0.2) is 11.0 Å². The molecule has 10 heavy (non-hydrogen) atoms. The van der Waals surface area contributed by atoms with Crippen LogP contribution >= 0.6 is 0 Å². The van der Waals surface area contributed by atoms with E-state index < -0.39 is 0 Å². The van der Waals surface area contributed by atoms with Crippen LogP contribution in [0.1, 0.15) is 13.8 Å². The Bertz CT molecular complexity index is 13.7. The fourth-order valence-electron chi connectivity index (χ4n) is 0. The fourth-order valence-corrected chi connectivity index (χ4v) is 0. The Morgan fingerprint density at radius 3 is 0.600 bits per heavy atom. The zero-order valence-corrected chi connectivity index (χ0v) is 10.6. The van der Waals surface area contributed by atoms with Crippen molar-refractivity contribution in [2.75, 3.05) is 0 Å². The molecular formula is C6H20O2Ru2. The summed E-state index contributed by atoms with van der Waals surface area (Å²) in [5, 5.41) is 0. The molecule has 0 aromatic rings. The second-order valence-electron chi connectivity index (χ2n) is 0. The van der Waals surface area contributed by atoms with Crippen LogP contribution in [0, 0.1) is 28.7 Å². The van der Waals surface area contributed by atoms with E-state index in [0.29, 0.717) is 0 Å². The Morgan fingerprint density at radius 1 is 0.600 bits per heavy atom. The third kappa shape index (κ3) is 449. The van der Waals surface area contributed by atoms with Gasteiger partial charge in [0, 0.05) is 0 Å². The molecule has 0 rings (SSSR count). The molecule has 0 heterocycles. The molecule has 0 radical (unpaired) electrons. The van der Waals surface area contributed by atoms with Crippen LogP contribution in [0.5, 0.6) is 0 Å². The summed E-state index contributed by atoms with van der Waals surface area (Å²) >= 11 is 0. The Morgan fingerprint density at radius 2 is 0.600 bits per heavy atom. The van der Waals surface area contributed by atoms with Gasteiger partial charge in [0.25, 0.3) is 0 Å². The average molecular weight is 326 g/mol. The second-order valence-corrected chi connectivity index (χ2v) is 0. The van der Waals surface area contributed by atoms with Gasteiger partial charge in [-0.25, -0.2) is 0 Å². The molecule has 72 valence electrons. The molecule has 0 bridgehead atoms. The quantitative estimate of drug-likeness (QED) is 0.470. The second kappa shape index (κ2) is 628. The zero-order valence-electron chi connectivity index (χ0n) is 7.12. The molecule has 4 heteroatoms. The number of rotatable bonds is 0. The minimum atomic E-state index is 0. The molecule has 0 aromatic carbocycles. The third-order valence-electron chi connectivity index (χ3n) is 0. The van der Waals surface area contributed by atoms with Crippen molar-refractivity contribution in [3.63, 3.8) is 0 Å². The first kappa shape index (κ1) is 115. The van der Waals surface area contributed by atoms with Gasteiger partial charge >= 0.3 is 39.0 Å². The molecule has 4 N–H and O–H groups in total. The van der Waals surface area contributed by atoms with Gasteiger partial charge in [0.05, 0.1) is 0 Å². The molecule has 0 aliphatic heterocycles. The molecule has 0 amide bonds. The molecule has 0 spiro atoms. The van der Waals surface area contributed by atoms with Gasteiger partial charge in [0.2, 0.25) is 0 Å². The molecule has 0 atom stereocenters. The SMILES string of the molecule is O.O.[CH2-]C.[CH2-]C.[CH3-].[CH3-].[Ru+2].[Ru+2]. The van der Waals surface area contributed by atoms with Crippen molar-refractivity contribution in [1.29, 1.82) is 0 Å². The number of hydrogen-bond acceptors (Lipinski definition) is 0. The normalized spacial score (nSPS) is 1.20. The molecular weight excluding hydrogens is 306 g/mol. The first-order chi connectivity index (χ1) is 2.00.